The lowest BCUT2D eigenvalue weighted by Gasteiger charge is -2.34. The summed E-state index contributed by atoms with van der Waals surface area (Å²) < 4.78 is 0. The maximum absolute atomic E-state index is 11.4. The van der Waals surface area contributed by atoms with Gasteiger partial charge in [-0.3, -0.25) is 9.59 Å². The van der Waals surface area contributed by atoms with Gasteiger partial charge in [-0.15, -0.1) is 0 Å². The number of amides is 2. The van der Waals surface area contributed by atoms with Gasteiger partial charge < -0.3 is 19.7 Å². The van der Waals surface area contributed by atoms with Gasteiger partial charge in [-0.1, -0.05) is 6.92 Å². The first-order valence-corrected chi connectivity index (χ1v) is 5.73. The Kier molecular flexibility index (Phi) is 4.48. The van der Waals surface area contributed by atoms with Crippen LogP contribution in [0.1, 0.15) is 33.1 Å². The third-order valence-corrected chi connectivity index (χ3v) is 2.93. The van der Waals surface area contributed by atoms with Gasteiger partial charge in [-0.25, -0.2) is 0 Å². The minimum absolute atomic E-state index is 0.0375. The van der Waals surface area contributed by atoms with Crippen molar-refractivity contribution in [1.29, 1.82) is 0 Å². The molecule has 1 heterocycles. The Bertz CT molecular complexity index is 329. The van der Waals surface area contributed by atoms with E-state index in [4.69, 9.17) is 0 Å². The quantitative estimate of drug-likeness (QED) is 0.614. The van der Waals surface area contributed by atoms with Gasteiger partial charge in [-0.05, 0) is 12.8 Å². The Hall–Kier alpha value is -1.59. The van der Waals surface area contributed by atoms with Crippen molar-refractivity contribution in [2.24, 2.45) is 0 Å². The molecule has 6 heteroatoms. The predicted molar refractivity (Wildman–Crippen MR) is 57.4 cm³/mol. The first-order chi connectivity index (χ1) is 7.97. The van der Waals surface area contributed by atoms with Crippen molar-refractivity contribution in [1.82, 2.24) is 9.80 Å². The fraction of sp³-hybridized carbons (Fsp3) is 0.727. The van der Waals surface area contributed by atoms with Gasteiger partial charge in [0.05, 0.1) is 18.7 Å². The molecule has 0 aromatic rings. The highest BCUT2D eigenvalue weighted by Crippen LogP contribution is 2.13. The summed E-state index contributed by atoms with van der Waals surface area (Å²) in [5.74, 6) is -1.68. The number of aliphatic carboxylic acids is 1. The van der Waals surface area contributed by atoms with Crippen LogP contribution in [-0.4, -0.2) is 46.8 Å². The molecule has 1 rings (SSSR count). The molecule has 0 aliphatic carbocycles. The zero-order chi connectivity index (χ0) is 13.0. The van der Waals surface area contributed by atoms with Crippen LogP contribution in [0.15, 0.2) is 0 Å². The first kappa shape index (κ1) is 13.5. The molecule has 0 N–H and O–H groups in total. The number of likely N-dealkylation sites (tertiary alicyclic amines) is 1. The average molecular weight is 241 g/mol. The summed E-state index contributed by atoms with van der Waals surface area (Å²) in [4.78, 5) is 36.5. The van der Waals surface area contributed by atoms with Gasteiger partial charge in [0.25, 0.3) is 0 Å². The summed E-state index contributed by atoms with van der Waals surface area (Å²) in [7, 11) is 0. The van der Waals surface area contributed by atoms with Crippen LogP contribution in [0.2, 0.25) is 0 Å². The number of rotatable bonds is 5. The second kappa shape index (κ2) is 5.65. The van der Waals surface area contributed by atoms with Crippen LogP contribution >= 0.6 is 0 Å². The number of carbonyl (C=O) groups is 3. The number of hydrogen-bond acceptors (Lipinski definition) is 4. The molecule has 0 bridgehead atoms. The van der Waals surface area contributed by atoms with Crippen LogP contribution in [-0.2, 0) is 14.4 Å². The van der Waals surface area contributed by atoms with Gasteiger partial charge >= 0.3 is 0 Å². The molecule has 1 atom stereocenters. The zero-order valence-electron chi connectivity index (χ0n) is 10.1. The number of carbonyl (C=O) groups excluding carboxylic acids is 3. The largest absolute Gasteiger partial charge is 0.548 e. The van der Waals surface area contributed by atoms with Crippen LogP contribution in [0, 0.1) is 0 Å². The van der Waals surface area contributed by atoms with Gasteiger partial charge in [0.15, 0.2) is 0 Å². The molecule has 1 saturated heterocycles. The van der Waals surface area contributed by atoms with E-state index in [0.29, 0.717) is 13.0 Å². The van der Waals surface area contributed by atoms with Gasteiger partial charge in [0.2, 0.25) is 11.8 Å². The van der Waals surface area contributed by atoms with Crippen molar-refractivity contribution in [3.63, 3.8) is 0 Å². The smallest absolute Gasteiger partial charge is 0.224 e. The van der Waals surface area contributed by atoms with Gasteiger partial charge in [0, 0.05) is 19.9 Å². The van der Waals surface area contributed by atoms with E-state index in [0.717, 1.165) is 6.42 Å². The van der Waals surface area contributed by atoms with E-state index in [2.05, 4.69) is 0 Å². The Balaban J connectivity index is 2.75. The molecule has 0 aromatic heterocycles. The van der Waals surface area contributed by atoms with Crippen LogP contribution in [0.25, 0.3) is 0 Å². The van der Waals surface area contributed by atoms with Crippen molar-refractivity contribution in [3.05, 3.63) is 0 Å². The molecule has 1 fully saturated rings. The number of carboxylic acid groups (broad SMARTS) is 1. The highest BCUT2D eigenvalue weighted by Gasteiger charge is 2.27. The highest BCUT2D eigenvalue weighted by molar-refractivity contribution is 5.82. The fourth-order valence-corrected chi connectivity index (χ4v) is 1.97. The van der Waals surface area contributed by atoms with Crippen LogP contribution in [0.4, 0.5) is 0 Å². The lowest BCUT2D eigenvalue weighted by molar-refractivity contribution is -0.311. The summed E-state index contributed by atoms with van der Waals surface area (Å²) in [6.45, 7) is 3.58. The highest BCUT2D eigenvalue weighted by atomic mass is 16.4. The molecular weight excluding hydrogens is 224 g/mol. The molecule has 17 heavy (non-hydrogen) atoms. The Labute approximate surface area is 100 Å². The van der Waals surface area contributed by atoms with E-state index >= 15 is 0 Å². The maximum Gasteiger partial charge on any atom is 0.224 e. The third kappa shape index (κ3) is 3.18. The number of hydrogen-bond donors (Lipinski definition) is 0. The molecule has 0 saturated carbocycles. The number of carboxylic acids is 1. The maximum atomic E-state index is 11.4. The Morgan fingerprint density at radius 2 is 2.18 bits per heavy atom. The van der Waals surface area contributed by atoms with Crippen molar-refractivity contribution in [3.8, 4) is 0 Å². The molecule has 2 amide bonds. The topological polar surface area (TPSA) is 80.8 Å². The van der Waals surface area contributed by atoms with E-state index in [9.17, 15) is 19.5 Å². The van der Waals surface area contributed by atoms with Crippen LogP contribution in [0.5, 0.6) is 0 Å². The number of nitrogens with zero attached hydrogens (tertiary/aromatic N) is 2. The van der Waals surface area contributed by atoms with Crippen molar-refractivity contribution in [2.75, 3.05) is 13.2 Å². The molecule has 0 spiro atoms. The fourth-order valence-electron chi connectivity index (χ4n) is 1.97. The minimum atomic E-state index is -1.28. The summed E-state index contributed by atoms with van der Waals surface area (Å²) in [6.07, 6.45) is 1.49. The monoisotopic (exact) mass is 241 g/mol. The molecule has 1 aliphatic rings. The molecular formula is C11H17N2O4-. The molecule has 6 nitrogen and oxygen atoms in total. The minimum Gasteiger partial charge on any atom is -0.548 e. The normalized spacial score (nSPS) is 17.1. The molecule has 96 valence electrons. The lowest BCUT2D eigenvalue weighted by atomic mass is 10.2. The van der Waals surface area contributed by atoms with Crippen LogP contribution < -0.4 is 5.11 Å². The Morgan fingerprint density at radius 1 is 1.53 bits per heavy atom. The van der Waals surface area contributed by atoms with Crippen molar-refractivity contribution >= 4 is 17.8 Å². The average Bonchev–Trinajstić information content (AvgIpc) is 2.63. The van der Waals surface area contributed by atoms with Gasteiger partial charge in [-0.2, -0.15) is 0 Å². The van der Waals surface area contributed by atoms with Gasteiger partial charge in [0.1, 0.15) is 0 Å². The van der Waals surface area contributed by atoms with Crippen molar-refractivity contribution in [2.45, 2.75) is 39.2 Å². The first-order valence-electron chi connectivity index (χ1n) is 5.73. The predicted octanol–water partition coefficient (Wildman–Crippen LogP) is -1.06. The van der Waals surface area contributed by atoms with E-state index < -0.39 is 12.0 Å². The lowest BCUT2D eigenvalue weighted by Crippen LogP contribution is -2.53. The molecule has 0 aromatic carbocycles. The molecule has 0 radical (unpaired) electrons. The second-order valence-electron chi connectivity index (χ2n) is 4.13. The van der Waals surface area contributed by atoms with Crippen molar-refractivity contribution < 1.29 is 19.5 Å². The third-order valence-electron chi connectivity index (χ3n) is 2.93. The molecule has 0 unspecified atom stereocenters. The summed E-state index contributed by atoms with van der Waals surface area (Å²) >= 11 is 0. The summed E-state index contributed by atoms with van der Waals surface area (Å²) in [5.41, 5.74) is 0. The van der Waals surface area contributed by atoms with E-state index in [1.807, 2.05) is 0 Å². The second-order valence-corrected chi connectivity index (χ2v) is 4.13. The van der Waals surface area contributed by atoms with E-state index in [1.165, 1.54) is 16.7 Å². The van der Waals surface area contributed by atoms with E-state index in [-0.39, 0.29) is 24.9 Å². The molecule has 1 aliphatic heterocycles. The zero-order valence-corrected chi connectivity index (χ0v) is 10.1. The summed E-state index contributed by atoms with van der Waals surface area (Å²) in [5, 5.41) is 10.9. The standard InChI is InChI=1S/C11H18N2O4/c1-3-9(11(16)17)13(8(2)14)7-12-6-4-5-10(12)15/h9H,3-7H2,1-2H3,(H,16,17)/p-1/t9-/m0/s1. The van der Waals surface area contributed by atoms with E-state index in [1.54, 1.807) is 6.92 Å². The van der Waals surface area contributed by atoms with Crippen LogP contribution in [0.3, 0.4) is 0 Å². The SMILES string of the molecule is CC[C@@H](C(=O)[O-])N(CN1CCCC1=O)C(C)=O. The summed E-state index contributed by atoms with van der Waals surface area (Å²) in [6, 6.07) is -0.971. The Morgan fingerprint density at radius 3 is 2.53 bits per heavy atom.